The number of hydrogen-bond donors (Lipinski definition) is 0. The minimum Gasteiger partial charge on any atom is -0.470 e. The molecule has 0 radical (unpaired) electrons. The van der Waals surface area contributed by atoms with Crippen LogP contribution in [0, 0.1) is 26.2 Å². The van der Waals surface area contributed by atoms with Gasteiger partial charge in [-0.1, -0.05) is 23.7 Å². The van der Waals surface area contributed by atoms with Gasteiger partial charge in [-0.25, -0.2) is 4.98 Å². The lowest BCUT2D eigenvalue weighted by atomic mass is 10.1. The highest BCUT2D eigenvalue weighted by Crippen LogP contribution is 2.28. The number of carbonyl (C=O) groups excluding carboxylic acids is 1. The number of ether oxygens (including phenoxy) is 1. The summed E-state index contributed by atoms with van der Waals surface area (Å²) in [6.07, 6.45) is 0.562. The van der Waals surface area contributed by atoms with E-state index in [-0.39, 0.29) is 34.6 Å². The lowest BCUT2D eigenvalue weighted by Gasteiger charge is -2.15. The molecule has 2 aromatic heterocycles. The Morgan fingerprint density at radius 3 is 2.59 bits per heavy atom. The van der Waals surface area contributed by atoms with Gasteiger partial charge in [0.05, 0.1) is 11.4 Å². The fourth-order valence-electron chi connectivity index (χ4n) is 2.90. The number of nitrogens with zero attached hydrogens (tertiary/aromatic N) is 3. The summed E-state index contributed by atoms with van der Waals surface area (Å²) in [4.78, 5) is 32.4. The van der Waals surface area contributed by atoms with Gasteiger partial charge in [-0.05, 0) is 49.6 Å². The van der Waals surface area contributed by atoms with Gasteiger partial charge in [-0.3, -0.25) is 14.2 Å². The summed E-state index contributed by atoms with van der Waals surface area (Å²) in [6.45, 7) is 2.86. The third-order valence-corrected chi connectivity index (χ3v) is 4.79. The first-order valence-electron chi connectivity index (χ1n) is 9.10. The summed E-state index contributed by atoms with van der Waals surface area (Å²) < 4.78 is 45.1. The Morgan fingerprint density at radius 1 is 1.22 bits per heavy atom. The maximum absolute atomic E-state index is 12.9. The molecule has 0 fully saturated rings. The van der Waals surface area contributed by atoms with Gasteiger partial charge >= 0.3 is 6.18 Å². The predicted molar refractivity (Wildman–Crippen MR) is 111 cm³/mol. The third kappa shape index (κ3) is 4.65. The minimum atomic E-state index is -4.60. The van der Waals surface area contributed by atoms with Crippen molar-refractivity contribution >= 4 is 17.4 Å². The summed E-state index contributed by atoms with van der Waals surface area (Å²) in [5.74, 6) is 1.39. The number of terminal acetylenes is 1. The largest absolute Gasteiger partial charge is 0.470 e. The highest BCUT2D eigenvalue weighted by molar-refractivity contribution is 6.31. The molecule has 0 unspecified atom stereocenters. The number of hydrogen-bond acceptors (Lipinski definition) is 5. The smallest absolute Gasteiger partial charge is 0.433 e. The molecule has 164 valence electrons. The molecule has 0 aliphatic carbocycles. The summed E-state index contributed by atoms with van der Waals surface area (Å²) in [5, 5.41) is -0.379. The average Bonchev–Trinajstić information content (AvgIpc) is 2.75. The first-order chi connectivity index (χ1) is 15.0. The van der Waals surface area contributed by atoms with Gasteiger partial charge in [0.1, 0.15) is 18.1 Å². The zero-order valence-electron chi connectivity index (χ0n) is 16.8. The molecule has 0 saturated carbocycles. The van der Waals surface area contributed by atoms with Crippen LogP contribution >= 0.6 is 11.6 Å². The summed E-state index contributed by atoms with van der Waals surface area (Å²) >= 11 is 6.15. The van der Waals surface area contributed by atoms with Crippen LogP contribution in [-0.4, -0.2) is 20.3 Å². The zero-order valence-corrected chi connectivity index (χ0v) is 17.6. The first-order valence-corrected chi connectivity index (χ1v) is 9.47. The molecule has 0 atom stereocenters. The van der Waals surface area contributed by atoms with Gasteiger partial charge in [0.25, 0.3) is 5.56 Å². The van der Waals surface area contributed by atoms with Gasteiger partial charge in [-0.2, -0.15) is 18.2 Å². The number of aromatic nitrogens is 3. The second-order valence-electron chi connectivity index (χ2n) is 6.69. The normalized spacial score (nSPS) is 11.2. The lowest BCUT2D eigenvalue weighted by molar-refractivity contribution is -0.141. The van der Waals surface area contributed by atoms with Crippen LogP contribution in [0.1, 0.15) is 33.1 Å². The van der Waals surface area contributed by atoms with Crippen LogP contribution in [0.3, 0.4) is 0 Å². The van der Waals surface area contributed by atoms with Crippen LogP contribution in [0.4, 0.5) is 13.2 Å². The van der Waals surface area contributed by atoms with Crippen LogP contribution < -0.4 is 10.3 Å². The lowest BCUT2D eigenvalue weighted by Crippen LogP contribution is -2.24. The van der Waals surface area contributed by atoms with E-state index in [1.165, 1.54) is 35.8 Å². The number of rotatable bonds is 5. The Bertz CT molecular complexity index is 1310. The van der Waals surface area contributed by atoms with Crippen LogP contribution in [-0.2, 0) is 12.8 Å². The van der Waals surface area contributed by atoms with Crippen LogP contribution in [0.15, 0.2) is 41.2 Å². The van der Waals surface area contributed by atoms with Crippen molar-refractivity contribution in [1.82, 2.24) is 14.5 Å². The molecule has 3 rings (SSSR count). The van der Waals surface area contributed by atoms with Crippen molar-refractivity contribution in [1.29, 1.82) is 0 Å². The van der Waals surface area contributed by atoms with Gasteiger partial charge in [0, 0.05) is 5.56 Å². The van der Waals surface area contributed by atoms with Crippen LogP contribution in [0.25, 0.3) is 5.69 Å². The molecule has 1 aromatic carbocycles. The van der Waals surface area contributed by atoms with E-state index in [0.29, 0.717) is 11.3 Å². The third-order valence-electron chi connectivity index (χ3n) is 4.46. The molecule has 3 aromatic rings. The molecule has 32 heavy (non-hydrogen) atoms. The summed E-state index contributed by atoms with van der Waals surface area (Å²) in [6, 6.07) is 7.99. The van der Waals surface area contributed by atoms with Crippen molar-refractivity contribution in [3.8, 4) is 23.9 Å². The van der Waals surface area contributed by atoms with Crippen molar-refractivity contribution in [2.75, 3.05) is 0 Å². The second-order valence-corrected chi connectivity index (χ2v) is 7.07. The topological polar surface area (TPSA) is 74.1 Å². The number of pyridine rings is 1. The van der Waals surface area contributed by atoms with Crippen LogP contribution in [0.5, 0.6) is 5.88 Å². The number of halogens is 4. The zero-order chi connectivity index (χ0) is 23.6. The molecule has 2 heterocycles. The average molecular weight is 462 g/mol. The van der Waals surface area contributed by atoms with E-state index in [1.54, 1.807) is 13.0 Å². The molecular formula is C22H15ClF3N3O3. The van der Waals surface area contributed by atoms with Crippen LogP contribution in [0.2, 0.25) is 5.02 Å². The molecule has 0 spiro atoms. The van der Waals surface area contributed by atoms with Crippen molar-refractivity contribution in [3.63, 3.8) is 0 Å². The van der Waals surface area contributed by atoms with E-state index in [2.05, 4.69) is 9.97 Å². The number of alkyl halides is 3. The number of Topliss-reactive ketones (excluding diaryl/α,β-unsaturated/α-hetero) is 1. The van der Waals surface area contributed by atoms with Gasteiger partial charge in [0.15, 0.2) is 5.02 Å². The summed E-state index contributed by atoms with van der Waals surface area (Å²) in [7, 11) is 0. The van der Waals surface area contributed by atoms with Crippen molar-refractivity contribution in [2.24, 2.45) is 0 Å². The van der Waals surface area contributed by atoms with E-state index in [9.17, 15) is 22.8 Å². The Morgan fingerprint density at radius 2 is 1.94 bits per heavy atom. The number of aryl methyl sites for hydroxylation is 2. The number of benzene rings is 1. The fourth-order valence-corrected chi connectivity index (χ4v) is 3.08. The molecule has 0 saturated heterocycles. The Labute approximate surface area is 185 Å². The van der Waals surface area contributed by atoms with Crippen molar-refractivity contribution in [2.45, 2.75) is 26.6 Å². The van der Waals surface area contributed by atoms with E-state index < -0.39 is 23.2 Å². The molecule has 0 amide bonds. The molecule has 0 aliphatic rings. The highest BCUT2D eigenvalue weighted by atomic mass is 35.5. The minimum absolute atomic E-state index is 0.0177. The van der Waals surface area contributed by atoms with E-state index in [1.807, 2.05) is 5.92 Å². The van der Waals surface area contributed by atoms with Gasteiger partial charge < -0.3 is 4.74 Å². The van der Waals surface area contributed by atoms with Gasteiger partial charge in [0.2, 0.25) is 11.7 Å². The number of ketones is 1. The summed E-state index contributed by atoms with van der Waals surface area (Å²) in [5.41, 5.74) is -0.541. The Kier molecular flexibility index (Phi) is 6.37. The maximum atomic E-state index is 12.9. The Hall–Kier alpha value is -3.64. The first kappa shape index (κ1) is 23.0. The Balaban J connectivity index is 1.97. The maximum Gasteiger partial charge on any atom is 0.433 e. The molecule has 0 N–H and O–H groups in total. The van der Waals surface area contributed by atoms with E-state index >= 15 is 0 Å². The van der Waals surface area contributed by atoms with E-state index in [4.69, 9.17) is 22.8 Å². The standard InChI is InChI=1S/C22H15ClF3N3O3/c1-4-17(30)14-9-8-12(2)16(10-14)29-13(3)27-20(19(23)21(29)31)32-11-15-6-5-7-18(28-15)22(24,25)26/h1,5-10H,11H2,2-3H3. The molecular weight excluding hydrogens is 447 g/mol. The molecule has 0 bridgehead atoms. The van der Waals surface area contributed by atoms with E-state index in [0.717, 1.165) is 6.07 Å². The van der Waals surface area contributed by atoms with Crippen molar-refractivity contribution < 1.29 is 22.7 Å². The second kappa shape index (κ2) is 8.85. The molecule has 0 aliphatic heterocycles. The van der Waals surface area contributed by atoms with Crippen molar-refractivity contribution in [3.05, 3.63) is 80.1 Å². The molecule has 6 nitrogen and oxygen atoms in total. The fraction of sp³-hybridized carbons (Fsp3) is 0.182. The van der Waals surface area contributed by atoms with Gasteiger partial charge in [-0.15, -0.1) is 6.42 Å². The quantitative estimate of drug-likeness (QED) is 0.321. The molecule has 10 heteroatoms. The monoisotopic (exact) mass is 461 g/mol. The predicted octanol–water partition coefficient (Wildman–Crippen LogP) is 4.31. The number of carbonyl (C=O) groups is 1. The highest BCUT2D eigenvalue weighted by Gasteiger charge is 2.32. The SMILES string of the molecule is C#CC(=O)c1ccc(C)c(-n2c(C)nc(OCc3cccc(C(F)(F)F)n3)c(Cl)c2=O)c1.